The number of hydrogen-bond acceptors (Lipinski definition) is 6. The number of nitrogens with two attached hydrogens (primary N) is 1. The zero-order chi connectivity index (χ0) is 14.7. The van der Waals surface area contributed by atoms with Crippen LogP contribution < -0.4 is 15.2 Å². The Balaban J connectivity index is 1.57. The van der Waals surface area contributed by atoms with E-state index in [-0.39, 0.29) is 6.61 Å². The van der Waals surface area contributed by atoms with Crippen LogP contribution in [-0.2, 0) is 12.1 Å². The van der Waals surface area contributed by atoms with E-state index >= 15 is 0 Å². The largest absolute Gasteiger partial charge is 0.494 e. The van der Waals surface area contributed by atoms with Gasteiger partial charge in [0.05, 0.1) is 12.1 Å². The Labute approximate surface area is 123 Å². The van der Waals surface area contributed by atoms with Crippen LogP contribution in [0.15, 0.2) is 28.8 Å². The maximum absolute atomic E-state index is 6.15. The van der Waals surface area contributed by atoms with E-state index in [0.29, 0.717) is 18.3 Å². The Hall–Kier alpha value is -2.08. The fourth-order valence-corrected chi connectivity index (χ4v) is 2.24. The first kappa shape index (κ1) is 13.9. The molecule has 1 aliphatic carbocycles. The molecule has 1 aliphatic rings. The highest BCUT2D eigenvalue weighted by Crippen LogP contribution is 2.36. The van der Waals surface area contributed by atoms with E-state index in [0.717, 1.165) is 30.8 Å². The molecule has 0 amide bonds. The van der Waals surface area contributed by atoms with Crippen LogP contribution in [0.1, 0.15) is 37.9 Å². The average Bonchev–Trinajstić information content (AvgIpc) is 2.94. The lowest BCUT2D eigenvalue weighted by Crippen LogP contribution is -2.44. The topological polar surface area (TPSA) is 83.4 Å². The molecule has 21 heavy (non-hydrogen) atoms. The number of ether oxygens (including phenoxy) is 2. The molecule has 1 aromatic heterocycles. The first-order chi connectivity index (χ1) is 10.2. The number of benzene rings is 1. The van der Waals surface area contributed by atoms with E-state index in [1.165, 1.54) is 0 Å². The average molecular weight is 289 g/mol. The van der Waals surface area contributed by atoms with Crippen molar-refractivity contribution in [2.75, 3.05) is 6.61 Å². The predicted octanol–water partition coefficient (Wildman–Crippen LogP) is 2.39. The van der Waals surface area contributed by atoms with Crippen molar-refractivity contribution in [3.05, 3.63) is 36.0 Å². The number of nitrogens with zero attached hydrogens (tertiary/aromatic N) is 2. The summed E-state index contributed by atoms with van der Waals surface area (Å²) in [6.45, 7) is 2.83. The Bertz CT molecular complexity index is 590. The second-order valence-corrected chi connectivity index (χ2v) is 5.21. The van der Waals surface area contributed by atoms with Crippen LogP contribution in [0.3, 0.4) is 0 Å². The SMILES string of the molecule is CCOc1ccc(OCc2nc(C3(N)CCC3)no2)cc1. The molecular formula is C15H19N3O3. The maximum Gasteiger partial charge on any atom is 0.264 e. The van der Waals surface area contributed by atoms with Crippen molar-refractivity contribution in [2.45, 2.75) is 38.3 Å². The molecule has 0 bridgehead atoms. The van der Waals surface area contributed by atoms with E-state index in [1.54, 1.807) is 0 Å². The van der Waals surface area contributed by atoms with Crippen LogP contribution >= 0.6 is 0 Å². The Morgan fingerprint density at radius 3 is 2.43 bits per heavy atom. The highest BCUT2D eigenvalue weighted by Gasteiger charge is 2.38. The molecule has 0 atom stereocenters. The van der Waals surface area contributed by atoms with Gasteiger partial charge in [-0.25, -0.2) is 0 Å². The van der Waals surface area contributed by atoms with Gasteiger partial charge in [0.2, 0.25) is 0 Å². The normalized spacial score (nSPS) is 16.3. The smallest absolute Gasteiger partial charge is 0.264 e. The molecule has 1 saturated carbocycles. The van der Waals surface area contributed by atoms with Gasteiger partial charge >= 0.3 is 0 Å². The third-order valence-corrected chi connectivity index (χ3v) is 3.66. The summed E-state index contributed by atoms with van der Waals surface area (Å²) >= 11 is 0. The van der Waals surface area contributed by atoms with Crippen molar-refractivity contribution in [3.63, 3.8) is 0 Å². The Morgan fingerprint density at radius 2 is 1.86 bits per heavy atom. The fourth-order valence-electron chi connectivity index (χ4n) is 2.24. The molecule has 6 heteroatoms. The third kappa shape index (κ3) is 3.00. The highest BCUT2D eigenvalue weighted by molar-refractivity contribution is 5.31. The van der Waals surface area contributed by atoms with Crippen LogP contribution in [0.2, 0.25) is 0 Å². The van der Waals surface area contributed by atoms with Gasteiger partial charge in [-0.05, 0) is 50.5 Å². The molecule has 1 heterocycles. The molecule has 1 fully saturated rings. The lowest BCUT2D eigenvalue weighted by atomic mass is 9.77. The molecule has 2 N–H and O–H groups in total. The van der Waals surface area contributed by atoms with Crippen molar-refractivity contribution >= 4 is 0 Å². The van der Waals surface area contributed by atoms with Crippen molar-refractivity contribution < 1.29 is 14.0 Å². The maximum atomic E-state index is 6.15. The van der Waals surface area contributed by atoms with Gasteiger partial charge in [0.1, 0.15) is 11.5 Å². The summed E-state index contributed by atoms with van der Waals surface area (Å²) in [4.78, 5) is 4.31. The van der Waals surface area contributed by atoms with Gasteiger partial charge in [-0.15, -0.1) is 0 Å². The van der Waals surface area contributed by atoms with Gasteiger partial charge in [0, 0.05) is 0 Å². The van der Waals surface area contributed by atoms with E-state index in [9.17, 15) is 0 Å². The molecule has 6 nitrogen and oxygen atoms in total. The predicted molar refractivity (Wildman–Crippen MR) is 76.0 cm³/mol. The van der Waals surface area contributed by atoms with Gasteiger partial charge < -0.3 is 19.7 Å². The van der Waals surface area contributed by atoms with Crippen LogP contribution in [-0.4, -0.2) is 16.7 Å². The zero-order valence-electron chi connectivity index (χ0n) is 12.0. The quantitative estimate of drug-likeness (QED) is 0.879. The van der Waals surface area contributed by atoms with Crippen molar-refractivity contribution in [1.29, 1.82) is 0 Å². The first-order valence-corrected chi connectivity index (χ1v) is 7.17. The molecule has 0 unspecified atom stereocenters. The molecule has 0 spiro atoms. The van der Waals surface area contributed by atoms with Gasteiger partial charge in [0.15, 0.2) is 12.4 Å². The highest BCUT2D eigenvalue weighted by atomic mass is 16.5. The van der Waals surface area contributed by atoms with Gasteiger partial charge in [-0.2, -0.15) is 4.98 Å². The number of hydrogen-bond donors (Lipinski definition) is 1. The zero-order valence-corrected chi connectivity index (χ0v) is 12.0. The summed E-state index contributed by atoms with van der Waals surface area (Å²) in [6, 6.07) is 7.42. The third-order valence-electron chi connectivity index (χ3n) is 3.66. The number of aromatic nitrogens is 2. The minimum absolute atomic E-state index is 0.233. The van der Waals surface area contributed by atoms with E-state index in [1.807, 2.05) is 31.2 Å². The lowest BCUT2D eigenvalue weighted by Gasteiger charge is -2.34. The lowest BCUT2D eigenvalue weighted by molar-refractivity contribution is 0.223. The van der Waals surface area contributed by atoms with Crippen LogP contribution in [0, 0.1) is 0 Å². The van der Waals surface area contributed by atoms with Crippen LogP contribution in [0.25, 0.3) is 0 Å². The molecule has 112 valence electrons. The van der Waals surface area contributed by atoms with Crippen LogP contribution in [0.4, 0.5) is 0 Å². The molecule has 0 radical (unpaired) electrons. The minimum Gasteiger partial charge on any atom is -0.494 e. The molecule has 3 rings (SSSR count). The summed E-state index contributed by atoms with van der Waals surface area (Å²) < 4.78 is 16.2. The monoisotopic (exact) mass is 289 g/mol. The molecule has 1 aromatic carbocycles. The minimum atomic E-state index is -0.402. The van der Waals surface area contributed by atoms with E-state index < -0.39 is 5.54 Å². The van der Waals surface area contributed by atoms with E-state index in [4.69, 9.17) is 19.7 Å². The van der Waals surface area contributed by atoms with Gasteiger partial charge in [-0.3, -0.25) is 0 Å². The molecule has 2 aromatic rings. The summed E-state index contributed by atoms with van der Waals surface area (Å²) in [5, 5.41) is 3.95. The second kappa shape index (κ2) is 5.73. The van der Waals surface area contributed by atoms with E-state index in [2.05, 4.69) is 10.1 Å². The van der Waals surface area contributed by atoms with Crippen molar-refractivity contribution in [1.82, 2.24) is 10.1 Å². The summed E-state index contributed by atoms with van der Waals surface area (Å²) in [7, 11) is 0. The summed E-state index contributed by atoms with van der Waals surface area (Å²) in [5.74, 6) is 2.57. The standard InChI is InChI=1S/C15H19N3O3/c1-2-19-11-4-6-12(7-5-11)20-10-13-17-14(18-21-13)15(16)8-3-9-15/h4-7H,2-3,8-10,16H2,1H3. The molecule has 0 saturated heterocycles. The van der Waals surface area contributed by atoms with Gasteiger partial charge in [-0.1, -0.05) is 5.16 Å². The Kier molecular flexibility index (Phi) is 3.79. The number of rotatable bonds is 6. The van der Waals surface area contributed by atoms with Crippen molar-refractivity contribution in [2.24, 2.45) is 5.73 Å². The fraction of sp³-hybridized carbons (Fsp3) is 0.467. The van der Waals surface area contributed by atoms with Crippen LogP contribution in [0.5, 0.6) is 11.5 Å². The molecule has 0 aliphatic heterocycles. The summed E-state index contributed by atoms with van der Waals surface area (Å²) in [5.41, 5.74) is 5.75. The van der Waals surface area contributed by atoms with Crippen molar-refractivity contribution in [3.8, 4) is 11.5 Å². The molecular weight excluding hydrogens is 270 g/mol. The summed E-state index contributed by atoms with van der Waals surface area (Å²) in [6.07, 6.45) is 2.93. The first-order valence-electron chi connectivity index (χ1n) is 7.17. The Morgan fingerprint density at radius 1 is 1.19 bits per heavy atom. The van der Waals surface area contributed by atoms with Gasteiger partial charge in [0.25, 0.3) is 5.89 Å². The second-order valence-electron chi connectivity index (χ2n) is 5.21.